The average Bonchev–Trinajstić information content (AvgIpc) is 3.04. The first-order chi connectivity index (χ1) is 11.2. The monoisotopic (exact) mass is 336 g/mol. The number of carbonyl (C=O) groups is 1. The molecule has 1 unspecified atom stereocenters. The minimum Gasteiger partial charge on any atom is -0.334 e. The lowest BCUT2D eigenvalue weighted by molar-refractivity contribution is -0.137. The van der Waals surface area contributed by atoms with Crippen LogP contribution in [0.2, 0.25) is 0 Å². The van der Waals surface area contributed by atoms with Crippen LogP contribution in [-0.4, -0.2) is 21.2 Å². The molecule has 0 spiro atoms. The zero-order valence-corrected chi connectivity index (χ0v) is 13.1. The molecule has 8 heteroatoms. The van der Waals surface area contributed by atoms with Gasteiger partial charge in [-0.2, -0.15) is 23.5 Å². The zero-order valence-electron chi connectivity index (χ0n) is 13.1. The number of aromatic nitrogens is 2. The van der Waals surface area contributed by atoms with E-state index in [0.29, 0.717) is 12.1 Å². The largest absolute Gasteiger partial charge is 0.416 e. The van der Waals surface area contributed by atoms with Gasteiger partial charge >= 0.3 is 6.18 Å². The molecule has 0 aliphatic rings. The summed E-state index contributed by atoms with van der Waals surface area (Å²) in [7, 11) is 0. The van der Waals surface area contributed by atoms with E-state index in [4.69, 9.17) is 5.26 Å². The molecule has 0 saturated carbocycles. The van der Waals surface area contributed by atoms with Crippen LogP contribution in [0.25, 0.3) is 5.69 Å². The summed E-state index contributed by atoms with van der Waals surface area (Å²) in [6.07, 6.45) is -1.29. The van der Waals surface area contributed by atoms with Crippen LogP contribution >= 0.6 is 0 Å². The molecule has 126 valence electrons. The highest BCUT2D eigenvalue weighted by Gasteiger charge is 2.30. The van der Waals surface area contributed by atoms with Gasteiger partial charge in [0, 0.05) is 6.20 Å². The van der Waals surface area contributed by atoms with Crippen LogP contribution in [0, 0.1) is 11.3 Å². The van der Waals surface area contributed by atoms with Gasteiger partial charge < -0.3 is 5.32 Å². The highest BCUT2D eigenvalue weighted by atomic mass is 19.4. The molecule has 0 radical (unpaired) electrons. The summed E-state index contributed by atoms with van der Waals surface area (Å²) in [5.74, 6) is -0.473. The van der Waals surface area contributed by atoms with Crippen LogP contribution in [0.4, 0.5) is 13.2 Å². The summed E-state index contributed by atoms with van der Waals surface area (Å²) in [5.41, 5.74) is -1.15. The molecular formula is C16H15F3N4O. The van der Waals surface area contributed by atoms with Crippen molar-refractivity contribution in [2.75, 3.05) is 0 Å². The van der Waals surface area contributed by atoms with Crippen LogP contribution in [0.3, 0.4) is 0 Å². The first-order valence-electron chi connectivity index (χ1n) is 7.14. The summed E-state index contributed by atoms with van der Waals surface area (Å²) in [4.78, 5) is 12.1. The molecule has 1 atom stereocenters. The van der Waals surface area contributed by atoms with Crippen molar-refractivity contribution in [3.63, 3.8) is 0 Å². The maximum absolute atomic E-state index is 12.6. The molecule has 1 N–H and O–H groups in total. The van der Waals surface area contributed by atoms with Crippen molar-refractivity contribution < 1.29 is 18.0 Å². The number of nitriles is 1. The van der Waals surface area contributed by atoms with E-state index in [1.807, 2.05) is 6.07 Å². The van der Waals surface area contributed by atoms with E-state index in [2.05, 4.69) is 10.4 Å². The molecule has 0 aliphatic carbocycles. The molecule has 0 fully saturated rings. The highest BCUT2D eigenvalue weighted by molar-refractivity contribution is 5.94. The van der Waals surface area contributed by atoms with Gasteiger partial charge in [-0.25, -0.2) is 4.68 Å². The van der Waals surface area contributed by atoms with E-state index in [0.717, 1.165) is 12.1 Å². The Labute approximate surface area is 136 Å². The number of carbonyl (C=O) groups excluding carboxylic acids is 1. The molecule has 24 heavy (non-hydrogen) atoms. The molecule has 1 amide bonds. The van der Waals surface area contributed by atoms with E-state index in [1.54, 1.807) is 13.8 Å². The second-order valence-electron chi connectivity index (χ2n) is 5.47. The lowest BCUT2D eigenvalue weighted by Gasteiger charge is -2.20. The SMILES string of the molecule is CCC(C)(C#N)NC(=O)c1cnn(-c2ccc(C(F)(F)F)cc2)c1. The number of hydrogen-bond acceptors (Lipinski definition) is 3. The fraction of sp³-hybridized carbons (Fsp3) is 0.312. The number of nitrogens with one attached hydrogen (secondary N) is 1. The van der Waals surface area contributed by atoms with Crippen molar-refractivity contribution in [3.8, 4) is 11.8 Å². The molecule has 2 rings (SSSR count). The zero-order chi connectivity index (χ0) is 18.0. The van der Waals surface area contributed by atoms with E-state index in [-0.39, 0.29) is 5.56 Å². The standard InChI is InChI=1S/C16H15F3N4O/c1-3-15(2,10-20)22-14(24)11-8-21-23(9-11)13-6-4-12(5-7-13)16(17,18)19/h4-9H,3H2,1-2H3,(H,22,24). The van der Waals surface area contributed by atoms with Gasteiger partial charge in [0.05, 0.1) is 29.1 Å². The second kappa shape index (κ2) is 6.35. The second-order valence-corrected chi connectivity index (χ2v) is 5.47. The van der Waals surface area contributed by atoms with Crippen molar-refractivity contribution in [1.82, 2.24) is 15.1 Å². The van der Waals surface area contributed by atoms with Gasteiger partial charge in [-0.05, 0) is 37.6 Å². The maximum Gasteiger partial charge on any atom is 0.416 e. The van der Waals surface area contributed by atoms with E-state index in [9.17, 15) is 18.0 Å². The molecule has 0 aliphatic heterocycles. The Morgan fingerprint density at radius 1 is 1.33 bits per heavy atom. The normalized spacial score (nSPS) is 13.8. The Kier molecular flexibility index (Phi) is 4.64. The summed E-state index contributed by atoms with van der Waals surface area (Å²) >= 11 is 0. The molecule has 1 heterocycles. The number of hydrogen-bond donors (Lipinski definition) is 1. The summed E-state index contributed by atoms with van der Waals surface area (Å²) in [6.45, 7) is 3.38. The first-order valence-corrected chi connectivity index (χ1v) is 7.14. The number of amides is 1. The third-order valence-corrected chi connectivity index (χ3v) is 3.65. The molecule has 0 saturated heterocycles. The molecular weight excluding hydrogens is 321 g/mol. The van der Waals surface area contributed by atoms with Crippen LogP contribution in [0.15, 0.2) is 36.7 Å². The Hall–Kier alpha value is -2.82. The summed E-state index contributed by atoms with van der Waals surface area (Å²) in [5, 5.41) is 15.7. The van der Waals surface area contributed by atoms with Gasteiger partial charge in [-0.15, -0.1) is 0 Å². The number of nitrogens with zero attached hydrogens (tertiary/aromatic N) is 3. The number of rotatable bonds is 4. The number of alkyl halides is 3. The van der Waals surface area contributed by atoms with E-state index < -0.39 is 23.2 Å². The fourth-order valence-corrected chi connectivity index (χ4v) is 1.90. The minimum absolute atomic E-state index is 0.213. The fourth-order valence-electron chi connectivity index (χ4n) is 1.90. The molecule has 0 bridgehead atoms. The smallest absolute Gasteiger partial charge is 0.334 e. The van der Waals surface area contributed by atoms with Crippen LogP contribution in [0.5, 0.6) is 0 Å². The summed E-state index contributed by atoms with van der Waals surface area (Å²) in [6, 6.07) is 6.45. The van der Waals surface area contributed by atoms with Crippen molar-refractivity contribution in [3.05, 3.63) is 47.8 Å². The predicted molar refractivity (Wildman–Crippen MR) is 80.3 cm³/mol. The van der Waals surface area contributed by atoms with Gasteiger partial charge in [0.25, 0.3) is 5.91 Å². The van der Waals surface area contributed by atoms with Gasteiger partial charge in [-0.3, -0.25) is 4.79 Å². The minimum atomic E-state index is -4.41. The van der Waals surface area contributed by atoms with Crippen LogP contribution < -0.4 is 5.32 Å². The van der Waals surface area contributed by atoms with Crippen molar-refractivity contribution in [2.45, 2.75) is 32.0 Å². The van der Waals surface area contributed by atoms with Crippen molar-refractivity contribution in [2.24, 2.45) is 0 Å². The molecule has 2 aromatic rings. The van der Waals surface area contributed by atoms with Crippen molar-refractivity contribution in [1.29, 1.82) is 5.26 Å². The third-order valence-electron chi connectivity index (χ3n) is 3.65. The quantitative estimate of drug-likeness (QED) is 0.931. The Bertz CT molecular complexity index is 774. The summed E-state index contributed by atoms with van der Waals surface area (Å²) < 4.78 is 39.0. The van der Waals surface area contributed by atoms with Crippen LogP contribution in [-0.2, 0) is 6.18 Å². The van der Waals surface area contributed by atoms with E-state index in [1.165, 1.54) is 29.2 Å². The number of benzene rings is 1. The highest BCUT2D eigenvalue weighted by Crippen LogP contribution is 2.29. The van der Waals surface area contributed by atoms with Gasteiger partial charge in [-0.1, -0.05) is 6.92 Å². The van der Waals surface area contributed by atoms with Crippen LogP contribution in [0.1, 0.15) is 36.2 Å². The Morgan fingerprint density at radius 3 is 2.46 bits per heavy atom. The topological polar surface area (TPSA) is 70.7 Å². The first kappa shape index (κ1) is 17.5. The lowest BCUT2D eigenvalue weighted by atomic mass is 10.0. The van der Waals surface area contributed by atoms with Gasteiger partial charge in [0.2, 0.25) is 0 Å². The van der Waals surface area contributed by atoms with Gasteiger partial charge in [0.15, 0.2) is 0 Å². The predicted octanol–water partition coefficient (Wildman–Crippen LogP) is 3.31. The third kappa shape index (κ3) is 3.74. The Balaban J connectivity index is 2.19. The van der Waals surface area contributed by atoms with E-state index >= 15 is 0 Å². The Morgan fingerprint density at radius 2 is 1.96 bits per heavy atom. The van der Waals surface area contributed by atoms with Crippen molar-refractivity contribution >= 4 is 5.91 Å². The molecule has 1 aromatic heterocycles. The van der Waals surface area contributed by atoms with Gasteiger partial charge in [0.1, 0.15) is 5.54 Å². The lowest BCUT2D eigenvalue weighted by Crippen LogP contribution is -2.44. The average molecular weight is 336 g/mol. The molecule has 5 nitrogen and oxygen atoms in total. The maximum atomic E-state index is 12.6. The number of halogens is 3. The molecule has 1 aromatic carbocycles.